The van der Waals surface area contributed by atoms with Gasteiger partial charge in [-0.05, 0) is 39.4 Å². The summed E-state index contributed by atoms with van der Waals surface area (Å²) in [5, 5.41) is 5.68. The normalized spacial score (nSPS) is 11.7. The van der Waals surface area contributed by atoms with E-state index < -0.39 is 0 Å². The Kier molecular flexibility index (Phi) is 11.7. The Morgan fingerprint density at radius 2 is 1.56 bits per heavy atom. The number of pyridine rings is 1. The number of rotatable bonds is 12. The summed E-state index contributed by atoms with van der Waals surface area (Å²) >= 11 is 0. The number of anilines is 1. The van der Waals surface area contributed by atoms with Crippen molar-refractivity contribution in [3.63, 3.8) is 0 Å². The van der Waals surface area contributed by atoms with Crippen LogP contribution in [-0.2, 0) is 13.0 Å². The minimum Gasteiger partial charge on any atom is -0.382 e. The van der Waals surface area contributed by atoms with E-state index in [9.17, 15) is 0 Å². The summed E-state index contributed by atoms with van der Waals surface area (Å²) in [6, 6.07) is 8.25. The fraction of sp³-hybridized carbons (Fsp3) is 0.630. The highest BCUT2D eigenvalue weighted by Gasteiger charge is 2.17. The summed E-state index contributed by atoms with van der Waals surface area (Å²) < 4.78 is 2.40. The molecular weight excluding hydrogens is 422 g/mol. The van der Waals surface area contributed by atoms with Crippen molar-refractivity contribution in [2.24, 2.45) is 0 Å². The lowest BCUT2D eigenvalue weighted by Crippen LogP contribution is -2.42. The smallest absolute Gasteiger partial charge is 0.152 e. The van der Waals surface area contributed by atoms with Crippen molar-refractivity contribution in [2.75, 3.05) is 47.1 Å². The van der Waals surface area contributed by atoms with Gasteiger partial charge in [-0.25, -0.2) is 20.0 Å². The van der Waals surface area contributed by atoms with Gasteiger partial charge in [-0.3, -0.25) is 4.90 Å². The number of nitrogens with zero attached hydrogens (tertiary/aromatic N) is 6. The number of fused-ring (bicyclic) bond motifs is 3. The number of hydrogen-bond acceptors (Lipinski definition) is 6. The predicted molar refractivity (Wildman–Crippen MR) is 147 cm³/mol. The first-order valence-electron chi connectivity index (χ1n) is 12.9. The van der Waals surface area contributed by atoms with Gasteiger partial charge in [0.05, 0.1) is 17.7 Å². The molecule has 0 radical (unpaired) electrons. The minimum absolute atomic E-state index is 0.533. The molecule has 0 saturated heterocycles. The first-order valence-corrected chi connectivity index (χ1v) is 12.9. The van der Waals surface area contributed by atoms with Crippen LogP contribution < -0.4 is 5.73 Å². The third-order valence-electron chi connectivity index (χ3n) is 6.13. The standard InChI is InChI=1S/C23H37N7.C4H10/c1-6-7-14-20-26-21-22(18-12-8-9-13-19(18)25-23(21)24)30(20)16-11-10-15-28(4)29(5)17-27(2)3;1-3-4-2/h8-9,12-13H,6-7,10-11,14-17H2,1-5H3,(H2,24,25);3-4H2,1-2H3. The number of unbranched alkanes of at least 4 members (excludes halogenated alkanes) is 3. The van der Waals surface area contributed by atoms with Gasteiger partial charge >= 0.3 is 0 Å². The maximum Gasteiger partial charge on any atom is 0.152 e. The number of aromatic nitrogens is 3. The average Bonchev–Trinajstić information content (AvgIpc) is 3.19. The number of imidazole rings is 1. The van der Waals surface area contributed by atoms with Gasteiger partial charge < -0.3 is 10.3 Å². The van der Waals surface area contributed by atoms with Crippen molar-refractivity contribution < 1.29 is 0 Å². The summed E-state index contributed by atoms with van der Waals surface area (Å²) in [6.07, 6.45) is 8.12. The summed E-state index contributed by atoms with van der Waals surface area (Å²) in [6.45, 7) is 9.49. The van der Waals surface area contributed by atoms with Crippen LogP contribution in [0, 0.1) is 0 Å². The van der Waals surface area contributed by atoms with Crippen molar-refractivity contribution >= 4 is 27.8 Å². The zero-order chi connectivity index (χ0) is 25.1. The lowest BCUT2D eigenvalue weighted by Gasteiger charge is -2.30. The fourth-order valence-electron chi connectivity index (χ4n) is 3.97. The first-order chi connectivity index (χ1) is 16.3. The van der Waals surface area contributed by atoms with Gasteiger partial charge in [0.25, 0.3) is 0 Å². The average molecular weight is 470 g/mol. The van der Waals surface area contributed by atoms with Gasteiger partial charge in [0.15, 0.2) is 5.82 Å². The highest BCUT2D eigenvalue weighted by Crippen LogP contribution is 2.29. The highest BCUT2D eigenvalue weighted by atomic mass is 15.6. The molecule has 190 valence electrons. The van der Waals surface area contributed by atoms with E-state index in [0.29, 0.717) is 5.82 Å². The molecule has 34 heavy (non-hydrogen) atoms. The second kappa shape index (κ2) is 14.2. The van der Waals surface area contributed by atoms with Crippen LogP contribution in [0.4, 0.5) is 5.82 Å². The number of hydrazine groups is 1. The van der Waals surface area contributed by atoms with Gasteiger partial charge in [0.1, 0.15) is 11.3 Å². The molecule has 0 aliphatic heterocycles. The fourth-order valence-corrected chi connectivity index (χ4v) is 3.97. The largest absolute Gasteiger partial charge is 0.382 e. The molecule has 3 aromatic rings. The van der Waals surface area contributed by atoms with Gasteiger partial charge in [-0.2, -0.15) is 0 Å². The van der Waals surface area contributed by atoms with E-state index in [1.807, 2.05) is 12.1 Å². The third-order valence-corrected chi connectivity index (χ3v) is 6.13. The van der Waals surface area contributed by atoms with E-state index >= 15 is 0 Å². The second-order valence-electron chi connectivity index (χ2n) is 9.46. The molecule has 7 nitrogen and oxygen atoms in total. The Labute approximate surface area is 206 Å². The first kappa shape index (κ1) is 28.0. The van der Waals surface area contributed by atoms with Crippen molar-refractivity contribution in [1.29, 1.82) is 0 Å². The number of hydrogen-bond donors (Lipinski definition) is 1. The van der Waals surface area contributed by atoms with E-state index in [4.69, 9.17) is 10.7 Å². The van der Waals surface area contributed by atoms with Gasteiger partial charge in [-0.15, -0.1) is 0 Å². The molecule has 1 aromatic carbocycles. The van der Waals surface area contributed by atoms with Crippen molar-refractivity contribution in [1.82, 2.24) is 29.5 Å². The summed E-state index contributed by atoms with van der Waals surface area (Å²) in [5.41, 5.74) is 9.23. The number of para-hydroxylation sites is 1. The molecule has 0 spiro atoms. The molecule has 7 heteroatoms. The highest BCUT2D eigenvalue weighted by molar-refractivity contribution is 6.06. The topological polar surface area (TPSA) is 66.5 Å². The quantitative estimate of drug-likeness (QED) is 0.218. The summed E-state index contributed by atoms with van der Waals surface area (Å²) in [7, 11) is 8.48. The van der Waals surface area contributed by atoms with Gasteiger partial charge in [0.2, 0.25) is 0 Å². The molecule has 2 aromatic heterocycles. The summed E-state index contributed by atoms with van der Waals surface area (Å²) in [4.78, 5) is 11.7. The molecule has 0 saturated carbocycles. The molecule has 0 amide bonds. The zero-order valence-electron chi connectivity index (χ0n) is 22.6. The zero-order valence-corrected chi connectivity index (χ0v) is 22.6. The molecule has 2 N–H and O–H groups in total. The third kappa shape index (κ3) is 7.65. The Balaban J connectivity index is 0.000000945. The second-order valence-corrected chi connectivity index (χ2v) is 9.46. The number of aryl methyl sites for hydroxylation is 2. The van der Waals surface area contributed by atoms with Crippen LogP contribution in [-0.4, -0.2) is 70.9 Å². The maximum atomic E-state index is 6.30. The molecule has 0 fully saturated rings. The Morgan fingerprint density at radius 3 is 2.21 bits per heavy atom. The molecule has 0 aliphatic carbocycles. The van der Waals surface area contributed by atoms with E-state index in [1.165, 1.54) is 12.8 Å². The number of benzene rings is 1. The predicted octanol–water partition coefficient (Wildman–Crippen LogP) is 5.39. The van der Waals surface area contributed by atoms with Crippen molar-refractivity contribution in [3.05, 3.63) is 30.1 Å². The molecule has 0 bridgehead atoms. The molecule has 3 rings (SSSR count). The van der Waals surface area contributed by atoms with Crippen LogP contribution in [0.25, 0.3) is 21.9 Å². The molecule has 0 unspecified atom stereocenters. The molecule has 2 heterocycles. The van der Waals surface area contributed by atoms with Crippen LogP contribution in [0.15, 0.2) is 24.3 Å². The number of nitrogen functional groups attached to an aromatic ring is 1. The summed E-state index contributed by atoms with van der Waals surface area (Å²) in [5.74, 6) is 1.67. The lowest BCUT2D eigenvalue weighted by molar-refractivity contribution is -0.00980. The van der Waals surface area contributed by atoms with Gasteiger partial charge in [0, 0.05) is 39.0 Å². The Bertz CT molecular complexity index is 993. The lowest BCUT2D eigenvalue weighted by atomic mass is 10.2. The van der Waals surface area contributed by atoms with E-state index in [1.54, 1.807) is 0 Å². The van der Waals surface area contributed by atoms with Crippen LogP contribution in [0.5, 0.6) is 0 Å². The minimum atomic E-state index is 0.533. The van der Waals surface area contributed by atoms with Gasteiger partial charge in [-0.1, -0.05) is 58.2 Å². The van der Waals surface area contributed by atoms with E-state index in [0.717, 1.165) is 79.6 Å². The van der Waals surface area contributed by atoms with Crippen molar-refractivity contribution in [2.45, 2.75) is 72.3 Å². The maximum absolute atomic E-state index is 6.30. The number of nitrogens with two attached hydrogens (primary N) is 1. The Morgan fingerprint density at radius 1 is 0.853 bits per heavy atom. The molecule has 0 aliphatic rings. The molecule has 0 atom stereocenters. The Hall–Kier alpha value is -2.22. The van der Waals surface area contributed by atoms with E-state index in [-0.39, 0.29) is 0 Å². The monoisotopic (exact) mass is 469 g/mol. The van der Waals surface area contributed by atoms with Crippen LogP contribution in [0.2, 0.25) is 0 Å². The van der Waals surface area contributed by atoms with Crippen LogP contribution in [0.3, 0.4) is 0 Å². The van der Waals surface area contributed by atoms with Crippen LogP contribution >= 0.6 is 0 Å². The van der Waals surface area contributed by atoms with E-state index in [2.05, 4.69) is 85.6 Å². The SMILES string of the molecule is CCCC.CCCCc1nc2c(N)nc3ccccc3c2n1CCCCN(C)N(C)CN(C)C. The molecular formula is C27H47N7. The van der Waals surface area contributed by atoms with Crippen molar-refractivity contribution in [3.8, 4) is 0 Å². The van der Waals surface area contributed by atoms with Crippen LogP contribution in [0.1, 0.15) is 65.1 Å².